The smallest absolute Gasteiger partial charge is 0.0848 e. The number of hydrogen-bond donors (Lipinski definition) is 1. The fourth-order valence-electron chi connectivity index (χ4n) is 2.08. The van der Waals surface area contributed by atoms with Gasteiger partial charge in [0.2, 0.25) is 0 Å². The SMILES string of the molecule is Cc1cc(C(O)Cc2c(Cl)c(C)nn2C)ccc1Br. The molecule has 1 unspecified atom stereocenters. The largest absolute Gasteiger partial charge is 0.388 e. The van der Waals surface area contributed by atoms with Gasteiger partial charge in [0.1, 0.15) is 0 Å². The topological polar surface area (TPSA) is 38.1 Å². The van der Waals surface area contributed by atoms with Crippen LogP contribution in [-0.2, 0) is 13.5 Å². The molecule has 0 fully saturated rings. The fourth-order valence-corrected chi connectivity index (χ4v) is 2.56. The third-order valence-corrected chi connectivity index (χ3v) is 4.60. The highest BCUT2D eigenvalue weighted by molar-refractivity contribution is 9.10. The van der Waals surface area contributed by atoms with Gasteiger partial charge in [-0.3, -0.25) is 4.68 Å². The summed E-state index contributed by atoms with van der Waals surface area (Å²) < 4.78 is 2.77. The second-order valence-electron chi connectivity index (χ2n) is 4.70. The van der Waals surface area contributed by atoms with Gasteiger partial charge in [-0.05, 0) is 31.0 Å². The lowest BCUT2D eigenvalue weighted by atomic mass is 10.0. The van der Waals surface area contributed by atoms with E-state index in [1.807, 2.05) is 39.1 Å². The van der Waals surface area contributed by atoms with Crippen molar-refractivity contribution in [3.63, 3.8) is 0 Å². The maximum Gasteiger partial charge on any atom is 0.0848 e. The average Bonchev–Trinajstić information content (AvgIpc) is 2.59. The molecule has 0 amide bonds. The molecule has 1 aromatic heterocycles. The van der Waals surface area contributed by atoms with Crippen LogP contribution in [0.3, 0.4) is 0 Å². The molecular formula is C14H16BrClN2O. The van der Waals surface area contributed by atoms with E-state index in [1.54, 1.807) is 4.68 Å². The summed E-state index contributed by atoms with van der Waals surface area (Å²) >= 11 is 9.66. The van der Waals surface area contributed by atoms with Crippen LogP contribution in [0.5, 0.6) is 0 Å². The van der Waals surface area contributed by atoms with Crippen LogP contribution >= 0.6 is 27.5 Å². The quantitative estimate of drug-likeness (QED) is 0.922. The first-order valence-corrected chi connectivity index (χ1v) is 7.19. The van der Waals surface area contributed by atoms with Crippen LogP contribution in [0.15, 0.2) is 22.7 Å². The van der Waals surface area contributed by atoms with Gasteiger partial charge in [-0.25, -0.2) is 0 Å². The Labute approximate surface area is 126 Å². The number of hydrogen-bond acceptors (Lipinski definition) is 2. The molecule has 5 heteroatoms. The number of aromatic nitrogens is 2. The lowest BCUT2D eigenvalue weighted by Crippen LogP contribution is -2.07. The molecule has 2 aromatic rings. The summed E-state index contributed by atoms with van der Waals surface area (Å²) in [5.74, 6) is 0. The zero-order valence-electron chi connectivity index (χ0n) is 11.1. The van der Waals surface area contributed by atoms with E-state index in [1.165, 1.54) is 0 Å². The monoisotopic (exact) mass is 342 g/mol. The van der Waals surface area contributed by atoms with Gasteiger partial charge in [-0.1, -0.05) is 39.7 Å². The number of aliphatic hydroxyl groups is 1. The summed E-state index contributed by atoms with van der Waals surface area (Å²) in [6, 6.07) is 5.84. The highest BCUT2D eigenvalue weighted by atomic mass is 79.9. The van der Waals surface area contributed by atoms with Crippen molar-refractivity contribution in [2.24, 2.45) is 7.05 Å². The zero-order chi connectivity index (χ0) is 14.2. The third kappa shape index (κ3) is 3.02. The summed E-state index contributed by atoms with van der Waals surface area (Å²) in [4.78, 5) is 0. The average molecular weight is 344 g/mol. The molecule has 19 heavy (non-hydrogen) atoms. The number of aryl methyl sites for hydroxylation is 3. The van der Waals surface area contributed by atoms with Crippen molar-refractivity contribution in [3.8, 4) is 0 Å². The normalized spacial score (nSPS) is 12.7. The molecule has 0 saturated carbocycles. The molecule has 0 aliphatic rings. The van der Waals surface area contributed by atoms with Crippen molar-refractivity contribution in [1.82, 2.24) is 9.78 Å². The number of nitrogens with zero attached hydrogens (tertiary/aromatic N) is 2. The van der Waals surface area contributed by atoms with Crippen LogP contribution in [0, 0.1) is 13.8 Å². The van der Waals surface area contributed by atoms with Gasteiger partial charge in [0.15, 0.2) is 0 Å². The van der Waals surface area contributed by atoms with Crippen LogP contribution in [0.4, 0.5) is 0 Å². The minimum absolute atomic E-state index is 0.456. The molecule has 0 bridgehead atoms. The van der Waals surface area contributed by atoms with Crippen molar-refractivity contribution in [3.05, 3.63) is 50.2 Å². The van der Waals surface area contributed by atoms with E-state index in [-0.39, 0.29) is 0 Å². The number of benzene rings is 1. The van der Waals surface area contributed by atoms with Gasteiger partial charge in [0.05, 0.1) is 22.5 Å². The van der Waals surface area contributed by atoms with Crippen LogP contribution < -0.4 is 0 Å². The highest BCUT2D eigenvalue weighted by Crippen LogP contribution is 2.27. The molecule has 0 aliphatic heterocycles. The Balaban J connectivity index is 2.25. The molecule has 0 saturated heterocycles. The maximum absolute atomic E-state index is 10.3. The minimum Gasteiger partial charge on any atom is -0.388 e. The molecule has 0 aliphatic carbocycles. The van der Waals surface area contributed by atoms with Gasteiger partial charge in [-0.15, -0.1) is 0 Å². The number of halogens is 2. The van der Waals surface area contributed by atoms with Gasteiger partial charge >= 0.3 is 0 Å². The van der Waals surface area contributed by atoms with E-state index in [4.69, 9.17) is 11.6 Å². The Morgan fingerprint density at radius 3 is 2.63 bits per heavy atom. The maximum atomic E-state index is 10.3. The van der Waals surface area contributed by atoms with E-state index in [0.717, 1.165) is 27.0 Å². The fraction of sp³-hybridized carbons (Fsp3) is 0.357. The second-order valence-corrected chi connectivity index (χ2v) is 5.93. The van der Waals surface area contributed by atoms with Gasteiger partial charge in [0.25, 0.3) is 0 Å². The molecule has 1 atom stereocenters. The van der Waals surface area contributed by atoms with E-state index in [0.29, 0.717) is 11.4 Å². The summed E-state index contributed by atoms with van der Waals surface area (Å²) in [5.41, 5.74) is 3.63. The summed E-state index contributed by atoms with van der Waals surface area (Å²) in [6.45, 7) is 3.86. The molecule has 1 N–H and O–H groups in total. The van der Waals surface area contributed by atoms with E-state index in [9.17, 15) is 5.11 Å². The first-order valence-electron chi connectivity index (χ1n) is 6.02. The second kappa shape index (κ2) is 5.65. The molecule has 102 valence electrons. The zero-order valence-corrected chi connectivity index (χ0v) is 13.5. The number of aliphatic hydroxyl groups excluding tert-OH is 1. The third-order valence-electron chi connectivity index (χ3n) is 3.22. The Kier molecular flexibility index (Phi) is 4.33. The van der Waals surface area contributed by atoms with E-state index >= 15 is 0 Å². The van der Waals surface area contributed by atoms with Crippen molar-refractivity contribution in [2.45, 2.75) is 26.4 Å². The summed E-state index contributed by atoms with van der Waals surface area (Å²) in [7, 11) is 1.84. The van der Waals surface area contributed by atoms with E-state index < -0.39 is 6.10 Å². The highest BCUT2D eigenvalue weighted by Gasteiger charge is 2.17. The molecular weight excluding hydrogens is 328 g/mol. The Hall–Kier alpha value is -0.840. The Morgan fingerprint density at radius 1 is 1.42 bits per heavy atom. The summed E-state index contributed by atoms with van der Waals surface area (Å²) in [5, 5.41) is 15.2. The van der Waals surface area contributed by atoms with Crippen LogP contribution in [0.1, 0.15) is 28.6 Å². The van der Waals surface area contributed by atoms with Crippen molar-refractivity contribution >= 4 is 27.5 Å². The lowest BCUT2D eigenvalue weighted by molar-refractivity contribution is 0.175. The molecule has 1 heterocycles. The van der Waals surface area contributed by atoms with Crippen molar-refractivity contribution in [2.75, 3.05) is 0 Å². The Bertz CT molecular complexity index is 610. The first kappa shape index (κ1) is 14.6. The predicted molar refractivity (Wildman–Crippen MR) is 80.5 cm³/mol. The van der Waals surface area contributed by atoms with Crippen molar-refractivity contribution < 1.29 is 5.11 Å². The standard InChI is InChI=1S/C14H16BrClN2O/c1-8-6-10(4-5-11(8)15)13(19)7-12-14(16)9(2)17-18(12)3/h4-6,13,19H,7H2,1-3H3. The van der Waals surface area contributed by atoms with Gasteiger partial charge in [-0.2, -0.15) is 5.10 Å². The lowest BCUT2D eigenvalue weighted by Gasteiger charge is -2.13. The minimum atomic E-state index is -0.584. The first-order chi connectivity index (χ1) is 8.90. The predicted octanol–water partition coefficient (Wildman–Crippen LogP) is 3.73. The van der Waals surface area contributed by atoms with Crippen LogP contribution in [-0.4, -0.2) is 14.9 Å². The summed E-state index contributed by atoms with van der Waals surface area (Å²) in [6.07, 6.45) is -0.129. The Morgan fingerprint density at radius 2 is 2.11 bits per heavy atom. The number of rotatable bonds is 3. The van der Waals surface area contributed by atoms with Gasteiger partial charge < -0.3 is 5.11 Å². The molecule has 3 nitrogen and oxygen atoms in total. The molecule has 0 radical (unpaired) electrons. The van der Waals surface area contributed by atoms with Crippen LogP contribution in [0.2, 0.25) is 5.02 Å². The molecule has 2 rings (SSSR count). The van der Waals surface area contributed by atoms with Crippen LogP contribution in [0.25, 0.3) is 0 Å². The molecule has 1 aromatic carbocycles. The molecule has 0 spiro atoms. The van der Waals surface area contributed by atoms with Gasteiger partial charge in [0, 0.05) is 17.9 Å². The van der Waals surface area contributed by atoms with E-state index in [2.05, 4.69) is 21.0 Å². The van der Waals surface area contributed by atoms with Crippen molar-refractivity contribution in [1.29, 1.82) is 0 Å².